The summed E-state index contributed by atoms with van der Waals surface area (Å²) in [4.78, 5) is 4.98. The lowest BCUT2D eigenvalue weighted by Gasteiger charge is -2.16. The van der Waals surface area contributed by atoms with E-state index in [9.17, 15) is 21.6 Å². The molecule has 0 amide bonds. The number of hydrogen-bond donors (Lipinski definition) is 0. The maximum absolute atomic E-state index is 13.2. The van der Waals surface area contributed by atoms with Crippen LogP contribution in [0.1, 0.15) is 24.6 Å². The summed E-state index contributed by atoms with van der Waals surface area (Å²) in [6, 6.07) is 0. The number of aromatic nitrogens is 2. The van der Waals surface area contributed by atoms with E-state index in [0.717, 1.165) is 4.68 Å². The molecule has 0 saturated heterocycles. The zero-order valence-electron chi connectivity index (χ0n) is 13.1. The molecule has 0 spiro atoms. The summed E-state index contributed by atoms with van der Waals surface area (Å²) >= 11 is 11.6. The molecular formula is C12H14Cl2F3N3O4S. The number of oxime groups is 1. The van der Waals surface area contributed by atoms with Crippen LogP contribution in [0.25, 0.3) is 0 Å². The number of hydrogen-bond acceptors (Lipinski definition) is 6. The Balaban J connectivity index is 2.39. The number of methoxy groups -OCH3 is 1. The maximum Gasteiger partial charge on any atom is 0.435 e. The van der Waals surface area contributed by atoms with Crippen LogP contribution in [-0.2, 0) is 38.1 Å². The average Bonchev–Trinajstić information content (AvgIpc) is 3.04. The van der Waals surface area contributed by atoms with E-state index < -0.39 is 43.8 Å². The number of halogens is 5. The minimum atomic E-state index is -4.88. The summed E-state index contributed by atoms with van der Waals surface area (Å²) < 4.78 is 69.9. The molecule has 1 aliphatic rings. The first-order valence-electron chi connectivity index (χ1n) is 6.78. The lowest BCUT2D eigenvalue weighted by molar-refractivity contribution is -0.142. The van der Waals surface area contributed by atoms with Crippen molar-refractivity contribution in [3.63, 3.8) is 0 Å². The number of sulfone groups is 1. The van der Waals surface area contributed by atoms with Crippen molar-refractivity contribution in [1.29, 1.82) is 0 Å². The zero-order valence-corrected chi connectivity index (χ0v) is 15.4. The summed E-state index contributed by atoms with van der Waals surface area (Å²) in [5.74, 6) is -1.05. The summed E-state index contributed by atoms with van der Waals surface area (Å²) in [6.07, 6.45) is -5.03. The molecule has 142 valence electrons. The topological polar surface area (TPSA) is 82.8 Å². The highest BCUT2D eigenvalue weighted by molar-refractivity contribution is 8.05. The maximum atomic E-state index is 13.2. The third-order valence-electron chi connectivity index (χ3n) is 3.37. The van der Waals surface area contributed by atoms with E-state index in [-0.39, 0.29) is 24.1 Å². The molecule has 0 bridgehead atoms. The molecule has 0 N–H and O–H groups in total. The fraction of sp³-hybridized carbons (Fsp3) is 0.667. The first kappa shape index (κ1) is 20.3. The van der Waals surface area contributed by atoms with Gasteiger partial charge < -0.3 is 9.57 Å². The Hall–Kier alpha value is -1.04. The third kappa shape index (κ3) is 4.21. The minimum absolute atomic E-state index is 0.0319. The van der Waals surface area contributed by atoms with E-state index in [1.807, 2.05) is 0 Å². The first-order valence-corrected chi connectivity index (χ1v) is 9.35. The van der Waals surface area contributed by atoms with Crippen LogP contribution in [0.4, 0.5) is 13.2 Å². The van der Waals surface area contributed by atoms with Crippen LogP contribution in [0.15, 0.2) is 5.16 Å². The van der Waals surface area contributed by atoms with Crippen molar-refractivity contribution in [3.8, 4) is 0 Å². The van der Waals surface area contributed by atoms with E-state index >= 15 is 0 Å². The summed E-state index contributed by atoms with van der Waals surface area (Å²) in [5.41, 5.74) is -3.09. The normalized spacial score (nSPS) is 21.3. The fourth-order valence-electron chi connectivity index (χ4n) is 2.10. The Morgan fingerprint density at radius 3 is 2.56 bits per heavy atom. The largest absolute Gasteiger partial charge is 0.435 e. The monoisotopic (exact) mass is 423 g/mol. The van der Waals surface area contributed by atoms with Crippen LogP contribution in [0, 0.1) is 0 Å². The highest BCUT2D eigenvalue weighted by Gasteiger charge is 2.43. The summed E-state index contributed by atoms with van der Waals surface area (Å²) in [6.45, 7) is 1.17. The molecule has 1 aromatic heterocycles. The average molecular weight is 424 g/mol. The molecule has 0 fully saturated rings. The number of nitrogens with zero attached hydrogens (tertiary/aromatic N) is 3. The van der Waals surface area contributed by atoms with Gasteiger partial charge in [-0.15, -0.1) is 11.6 Å². The molecular weight excluding hydrogens is 410 g/mol. The highest BCUT2D eigenvalue weighted by Crippen LogP contribution is 2.36. The Labute approximate surface area is 151 Å². The minimum Gasteiger partial charge on any atom is -0.387 e. The van der Waals surface area contributed by atoms with Crippen molar-refractivity contribution in [2.24, 2.45) is 5.16 Å². The Morgan fingerprint density at radius 1 is 1.44 bits per heavy atom. The van der Waals surface area contributed by atoms with Gasteiger partial charge in [-0.05, 0) is 6.92 Å². The van der Waals surface area contributed by atoms with Crippen LogP contribution in [0.5, 0.6) is 0 Å². The van der Waals surface area contributed by atoms with Gasteiger partial charge in [0.25, 0.3) is 0 Å². The van der Waals surface area contributed by atoms with Crippen molar-refractivity contribution in [2.75, 3.05) is 13.0 Å². The molecule has 1 unspecified atom stereocenters. The van der Waals surface area contributed by atoms with Crippen molar-refractivity contribution in [1.82, 2.24) is 9.78 Å². The Morgan fingerprint density at radius 2 is 2.08 bits per heavy atom. The van der Waals surface area contributed by atoms with Crippen LogP contribution in [0.3, 0.4) is 0 Å². The van der Waals surface area contributed by atoms with Gasteiger partial charge in [0.15, 0.2) is 26.2 Å². The number of ether oxygens (including phenoxy) is 1. The molecule has 0 aromatic carbocycles. The van der Waals surface area contributed by atoms with E-state index in [0.29, 0.717) is 0 Å². The highest BCUT2D eigenvalue weighted by atomic mass is 35.5. The van der Waals surface area contributed by atoms with Gasteiger partial charge >= 0.3 is 6.18 Å². The molecule has 1 atom stereocenters. The van der Waals surface area contributed by atoms with Crippen molar-refractivity contribution >= 4 is 38.1 Å². The smallest absolute Gasteiger partial charge is 0.387 e. The van der Waals surface area contributed by atoms with Gasteiger partial charge in [-0.3, -0.25) is 0 Å². The summed E-state index contributed by atoms with van der Waals surface area (Å²) in [7, 11) is -2.98. The van der Waals surface area contributed by atoms with Crippen LogP contribution < -0.4 is 0 Å². The quantitative estimate of drug-likeness (QED) is 0.679. The predicted octanol–water partition coefficient (Wildman–Crippen LogP) is 2.81. The molecule has 0 radical (unpaired) electrons. The van der Waals surface area contributed by atoms with Crippen molar-refractivity contribution in [2.45, 2.75) is 37.6 Å². The third-order valence-corrected chi connectivity index (χ3v) is 5.97. The standard InChI is InChI=1S/C12H14Cl2F3N3O4S/c1-11(5-13)3-8(19-24-11)25(21,22)4-7-9(12(15,16)17)18-20(6-23-2)10(7)14/h3-6H2,1-2H3. The number of alkyl halides is 4. The van der Waals surface area contributed by atoms with Gasteiger partial charge in [0.05, 0.1) is 11.6 Å². The van der Waals surface area contributed by atoms with Gasteiger partial charge in [0.2, 0.25) is 0 Å². The first-order chi connectivity index (χ1) is 11.4. The molecule has 25 heavy (non-hydrogen) atoms. The van der Waals surface area contributed by atoms with Crippen molar-refractivity contribution < 1.29 is 31.2 Å². The molecule has 0 saturated carbocycles. The van der Waals surface area contributed by atoms with E-state index in [4.69, 9.17) is 32.8 Å². The second-order valence-electron chi connectivity index (χ2n) is 5.63. The number of rotatable bonds is 5. The van der Waals surface area contributed by atoms with Crippen LogP contribution in [-0.4, -0.2) is 41.8 Å². The molecule has 0 aliphatic carbocycles. The second kappa shape index (κ2) is 6.93. The lowest BCUT2D eigenvalue weighted by atomic mass is 10.1. The molecule has 13 heteroatoms. The van der Waals surface area contributed by atoms with E-state index in [1.54, 1.807) is 0 Å². The lowest BCUT2D eigenvalue weighted by Crippen LogP contribution is -2.29. The van der Waals surface area contributed by atoms with E-state index in [2.05, 4.69) is 10.3 Å². The molecule has 1 aliphatic heterocycles. The summed E-state index contributed by atoms with van der Waals surface area (Å²) in [5, 5.41) is 5.90. The Bertz CT molecular complexity index is 794. The fourth-order valence-corrected chi connectivity index (χ4v) is 4.06. The van der Waals surface area contributed by atoms with Gasteiger partial charge in [0, 0.05) is 19.1 Å². The molecule has 7 nitrogen and oxygen atoms in total. The van der Waals surface area contributed by atoms with Crippen LogP contribution >= 0.6 is 23.2 Å². The predicted molar refractivity (Wildman–Crippen MR) is 84.1 cm³/mol. The van der Waals surface area contributed by atoms with Gasteiger partial charge in [-0.25, -0.2) is 13.1 Å². The van der Waals surface area contributed by atoms with Gasteiger partial charge in [-0.2, -0.15) is 18.3 Å². The molecule has 2 rings (SSSR count). The van der Waals surface area contributed by atoms with Gasteiger partial charge in [0.1, 0.15) is 11.9 Å². The molecule has 2 heterocycles. The Kier molecular flexibility index (Phi) is 5.62. The SMILES string of the molecule is COCn1nc(C(F)(F)F)c(CS(=O)(=O)C2=NOC(C)(CCl)C2)c1Cl. The van der Waals surface area contributed by atoms with Crippen LogP contribution in [0.2, 0.25) is 5.15 Å². The zero-order chi connectivity index (χ0) is 19.0. The second-order valence-corrected chi connectivity index (χ2v) is 8.24. The van der Waals surface area contributed by atoms with Crippen molar-refractivity contribution in [3.05, 3.63) is 16.4 Å². The van der Waals surface area contributed by atoms with Gasteiger partial charge in [-0.1, -0.05) is 16.8 Å². The molecule has 1 aromatic rings. The van der Waals surface area contributed by atoms with E-state index in [1.165, 1.54) is 14.0 Å².